The van der Waals surface area contributed by atoms with E-state index in [1.54, 1.807) is 19.3 Å². The number of hydrogen-bond donors (Lipinski definition) is 0. The van der Waals surface area contributed by atoms with Gasteiger partial charge in [-0.25, -0.2) is 4.98 Å². The molecule has 0 fully saturated rings. The topological polar surface area (TPSA) is 64.2 Å². The summed E-state index contributed by atoms with van der Waals surface area (Å²) in [5.41, 5.74) is 1.80. The lowest BCUT2D eigenvalue weighted by atomic mass is 9.97. The smallest absolute Gasteiger partial charge is 0.219 e. The highest BCUT2D eigenvalue weighted by molar-refractivity contribution is 5.73. The Morgan fingerprint density at radius 3 is 2.67 bits per heavy atom. The molecular formula is C15H20N4O2. The van der Waals surface area contributed by atoms with Crippen LogP contribution in [-0.2, 0) is 23.3 Å². The van der Waals surface area contributed by atoms with Crippen molar-refractivity contribution in [2.75, 3.05) is 6.54 Å². The van der Waals surface area contributed by atoms with Crippen molar-refractivity contribution in [3.05, 3.63) is 24.0 Å². The van der Waals surface area contributed by atoms with Crippen LogP contribution in [0.25, 0.3) is 11.3 Å². The summed E-state index contributed by atoms with van der Waals surface area (Å²) >= 11 is 0. The molecule has 1 amide bonds. The Morgan fingerprint density at radius 1 is 1.29 bits per heavy atom. The Bertz CT molecular complexity index is 678. The molecule has 2 aromatic rings. The van der Waals surface area contributed by atoms with Gasteiger partial charge in [0.05, 0.1) is 36.7 Å². The van der Waals surface area contributed by atoms with Crippen LogP contribution in [0.2, 0.25) is 0 Å². The molecule has 3 heterocycles. The maximum absolute atomic E-state index is 11.6. The molecule has 0 atom stereocenters. The lowest BCUT2D eigenvalue weighted by Crippen LogP contribution is -2.37. The van der Waals surface area contributed by atoms with Gasteiger partial charge in [-0.05, 0) is 0 Å². The zero-order chi connectivity index (χ0) is 15.2. The van der Waals surface area contributed by atoms with Gasteiger partial charge in [-0.1, -0.05) is 20.8 Å². The Hall–Kier alpha value is -2.11. The molecule has 0 radical (unpaired) electrons. The Balaban J connectivity index is 1.96. The molecule has 6 heteroatoms. The molecule has 112 valence electrons. The van der Waals surface area contributed by atoms with Gasteiger partial charge in [0, 0.05) is 18.9 Å². The summed E-state index contributed by atoms with van der Waals surface area (Å²) in [4.78, 5) is 17.8. The molecule has 1 aliphatic rings. The fraction of sp³-hybridized carbons (Fsp3) is 0.533. The van der Waals surface area contributed by atoms with Crippen LogP contribution in [0.5, 0.6) is 0 Å². The molecule has 21 heavy (non-hydrogen) atoms. The van der Waals surface area contributed by atoms with E-state index < -0.39 is 0 Å². The van der Waals surface area contributed by atoms with Crippen LogP contribution in [0.3, 0.4) is 0 Å². The van der Waals surface area contributed by atoms with Gasteiger partial charge in [0.25, 0.3) is 0 Å². The van der Waals surface area contributed by atoms with Crippen LogP contribution in [-0.4, -0.2) is 32.1 Å². The zero-order valence-corrected chi connectivity index (χ0v) is 12.9. The molecule has 0 bridgehead atoms. The van der Waals surface area contributed by atoms with Crippen LogP contribution in [0, 0.1) is 0 Å². The number of rotatable bonds is 1. The molecule has 0 aliphatic carbocycles. The molecule has 0 saturated carbocycles. The fourth-order valence-electron chi connectivity index (χ4n) is 2.47. The van der Waals surface area contributed by atoms with E-state index in [4.69, 9.17) is 4.42 Å². The summed E-state index contributed by atoms with van der Waals surface area (Å²) in [7, 11) is 0. The minimum absolute atomic E-state index is 0.0846. The molecule has 6 nitrogen and oxygen atoms in total. The second-order valence-electron chi connectivity index (χ2n) is 6.45. The molecule has 1 aliphatic heterocycles. The van der Waals surface area contributed by atoms with E-state index in [0.29, 0.717) is 24.7 Å². The van der Waals surface area contributed by atoms with Crippen LogP contribution >= 0.6 is 0 Å². The van der Waals surface area contributed by atoms with Crippen molar-refractivity contribution in [1.82, 2.24) is 19.7 Å². The number of oxazole rings is 1. The standard InChI is InChI=1S/C15H20N4O2/c1-10(20)18-5-6-19-12(9-18)11(7-17-19)13-8-16-14(21-13)15(2,3)4/h7-8H,5-6,9H2,1-4H3. The zero-order valence-electron chi connectivity index (χ0n) is 12.9. The van der Waals surface area contributed by atoms with Gasteiger partial charge < -0.3 is 9.32 Å². The lowest BCUT2D eigenvalue weighted by Gasteiger charge is -2.27. The normalized spacial score (nSPS) is 15.1. The third-order valence-electron chi connectivity index (χ3n) is 3.73. The quantitative estimate of drug-likeness (QED) is 0.807. The highest BCUT2D eigenvalue weighted by atomic mass is 16.4. The van der Waals surface area contributed by atoms with Crippen molar-refractivity contribution in [3.8, 4) is 11.3 Å². The van der Waals surface area contributed by atoms with Gasteiger partial charge in [0.2, 0.25) is 5.91 Å². The van der Waals surface area contributed by atoms with Gasteiger partial charge >= 0.3 is 0 Å². The Morgan fingerprint density at radius 2 is 2.05 bits per heavy atom. The molecule has 0 N–H and O–H groups in total. The number of amides is 1. The molecule has 0 spiro atoms. The van der Waals surface area contributed by atoms with E-state index in [-0.39, 0.29) is 11.3 Å². The number of carbonyl (C=O) groups is 1. The van der Waals surface area contributed by atoms with Crippen LogP contribution in [0.4, 0.5) is 0 Å². The summed E-state index contributed by atoms with van der Waals surface area (Å²) in [5, 5.41) is 4.39. The van der Waals surface area contributed by atoms with E-state index in [1.165, 1.54) is 0 Å². The predicted molar refractivity (Wildman–Crippen MR) is 77.5 cm³/mol. The van der Waals surface area contributed by atoms with Crippen LogP contribution in [0.15, 0.2) is 16.8 Å². The van der Waals surface area contributed by atoms with E-state index in [1.807, 2.05) is 9.58 Å². The average molecular weight is 288 g/mol. The minimum Gasteiger partial charge on any atom is -0.440 e. The number of fused-ring (bicyclic) bond motifs is 1. The predicted octanol–water partition coefficient (Wildman–Crippen LogP) is 2.20. The number of aromatic nitrogens is 3. The Labute approximate surface area is 123 Å². The van der Waals surface area contributed by atoms with E-state index in [9.17, 15) is 4.79 Å². The maximum Gasteiger partial charge on any atom is 0.219 e. The Kier molecular flexibility index (Phi) is 3.11. The number of hydrogen-bond acceptors (Lipinski definition) is 4. The average Bonchev–Trinajstić information content (AvgIpc) is 3.03. The number of nitrogens with zero attached hydrogens (tertiary/aromatic N) is 4. The van der Waals surface area contributed by atoms with Crippen molar-refractivity contribution in [1.29, 1.82) is 0 Å². The van der Waals surface area contributed by atoms with E-state index in [2.05, 4.69) is 30.9 Å². The van der Waals surface area contributed by atoms with Gasteiger partial charge in [-0.15, -0.1) is 0 Å². The third kappa shape index (κ3) is 2.46. The third-order valence-corrected chi connectivity index (χ3v) is 3.73. The summed E-state index contributed by atoms with van der Waals surface area (Å²) in [5.74, 6) is 1.50. The van der Waals surface area contributed by atoms with Crippen molar-refractivity contribution in [3.63, 3.8) is 0 Å². The van der Waals surface area contributed by atoms with Crippen molar-refractivity contribution >= 4 is 5.91 Å². The second-order valence-corrected chi connectivity index (χ2v) is 6.45. The summed E-state index contributed by atoms with van der Waals surface area (Å²) in [6, 6.07) is 0. The largest absolute Gasteiger partial charge is 0.440 e. The first kappa shape index (κ1) is 13.9. The molecule has 2 aromatic heterocycles. The minimum atomic E-state index is -0.128. The molecule has 0 saturated heterocycles. The first-order valence-electron chi connectivity index (χ1n) is 7.13. The highest BCUT2D eigenvalue weighted by Crippen LogP contribution is 2.30. The lowest BCUT2D eigenvalue weighted by molar-refractivity contribution is -0.130. The monoisotopic (exact) mass is 288 g/mol. The van der Waals surface area contributed by atoms with Gasteiger partial charge in [0.1, 0.15) is 0 Å². The summed E-state index contributed by atoms with van der Waals surface area (Å²) < 4.78 is 7.82. The first-order chi connectivity index (χ1) is 9.86. The summed E-state index contributed by atoms with van der Waals surface area (Å²) in [6.07, 6.45) is 3.54. The van der Waals surface area contributed by atoms with Crippen LogP contribution in [0.1, 0.15) is 39.3 Å². The molecule has 3 rings (SSSR count). The molecular weight excluding hydrogens is 268 g/mol. The van der Waals surface area contributed by atoms with E-state index in [0.717, 1.165) is 17.8 Å². The van der Waals surface area contributed by atoms with Crippen LogP contribution < -0.4 is 0 Å². The first-order valence-corrected chi connectivity index (χ1v) is 7.13. The number of carbonyl (C=O) groups excluding carboxylic acids is 1. The van der Waals surface area contributed by atoms with Gasteiger partial charge in [0.15, 0.2) is 11.7 Å². The summed E-state index contributed by atoms with van der Waals surface area (Å²) in [6.45, 7) is 9.77. The molecule has 0 unspecified atom stereocenters. The van der Waals surface area contributed by atoms with Gasteiger partial charge in [-0.2, -0.15) is 5.10 Å². The van der Waals surface area contributed by atoms with Crippen molar-refractivity contribution in [2.45, 2.75) is 46.2 Å². The maximum atomic E-state index is 11.6. The van der Waals surface area contributed by atoms with Crippen molar-refractivity contribution in [2.24, 2.45) is 0 Å². The highest BCUT2D eigenvalue weighted by Gasteiger charge is 2.26. The van der Waals surface area contributed by atoms with Gasteiger partial charge in [-0.3, -0.25) is 9.48 Å². The second kappa shape index (κ2) is 4.72. The van der Waals surface area contributed by atoms with E-state index >= 15 is 0 Å². The fourth-order valence-corrected chi connectivity index (χ4v) is 2.47. The molecule has 0 aromatic carbocycles. The SMILES string of the molecule is CC(=O)N1CCn2ncc(-c3cnc(C(C)(C)C)o3)c2C1. The van der Waals surface area contributed by atoms with Crippen molar-refractivity contribution < 1.29 is 9.21 Å².